The number of carbonyl (C=O) groups is 2. The zero-order valence-corrected chi connectivity index (χ0v) is 10.2. The maximum atomic E-state index is 11.3. The van der Waals surface area contributed by atoms with E-state index < -0.39 is 11.9 Å². The van der Waals surface area contributed by atoms with Crippen LogP contribution in [0, 0.1) is 5.53 Å². The number of benzene rings is 2. The number of carboxylic acid groups (broad SMARTS) is 2. The predicted octanol–water partition coefficient (Wildman–Crippen LogP) is 3.41. The Kier molecular flexibility index (Phi) is 3.56. The Bertz CT molecular complexity index is 710. The largest absolute Gasteiger partial charge is 0.478 e. The zero-order chi connectivity index (χ0) is 14.7. The third-order valence-electron chi connectivity index (χ3n) is 2.81. The first-order valence-corrected chi connectivity index (χ1v) is 5.62. The van der Waals surface area contributed by atoms with Crippen LogP contribution >= 0.6 is 0 Å². The number of nitrogens with one attached hydrogen (secondary N) is 1. The molecule has 0 saturated carbocycles. The first kappa shape index (κ1) is 13.4. The van der Waals surface area contributed by atoms with Crippen LogP contribution in [0.15, 0.2) is 47.6 Å². The molecule has 0 unspecified atom stereocenters. The fraction of sp³-hybridized carbons (Fsp3) is 0. The van der Waals surface area contributed by atoms with Crippen molar-refractivity contribution in [3.8, 4) is 11.1 Å². The second-order valence-electron chi connectivity index (χ2n) is 4.00. The highest BCUT2D eigenvalue weighted by molar-refractivity contribution is 6.00. The van der Waals surface area contributed by atoms with Gasteiger partial charge in [-0.05, 0) is 29.8 Å². The van der Waals surface area contributed by atoms with Crippen molar-refractivity contribution in [3.63, 3.8) is 0 Å². The van der Waals surface area contributed by atoms with Crippen molar-refractivity contribution in [3.05, 3.63) is 53.6 Å². The fourth-order valence-corrected chi connectivity index (χ4v) is 1.89. The molecule has 0 radical (unpaired) electrons. The van der Waals surface area contributed by atoms with Crippen molar-refractivity contribution in [2.45, 2.75) is 0 Å². The molecular weight excluding hydrogens is 260 g/mol. The third-order valence-corrected chi connectivity index (χ3v) is 2.81. The number of aromatic carboxylic acids is 2. The lowest BCUT2D eigenvalue weighted by molar-refractivity contribution is 0.0682. The van der Waals surface area contributed by atoms with Gasteiger partial charge in [-0.15, -0.1) is 0 Å². The van der Waals surface area contributed by atoms with Crippen LogP contribution < -0.4 is 0 Å². The number of hydrogen-bond donors (Lipinski definition) is 3. The van der Waals surface area contributed by atoms with Gasteiger partial charge in [0.15, 0.2) is 0 Å². The van der Waals surface area contributed by atoms with E-state index in [4.69, 9.17) is 10.6 Å². The standard InChI is InChI=1S/C14H10N2O4/c15-16-12-4-2-1-3-9(12)11-7-8(13(17)18)5-6-10(11)14(19)20/h1-7,15H,(H,17,18)(H,19,20). The van der Waals surface area contributed by atoms with E-state index in [9.17, 15) is 14.7 Å². The number of rotatable bonds is 4. The van der Waals surface area contributed by atoms with Gasteiger partial charge < -0.3 is 10.2 Å². The van der Waals surface area contributed by atoms with Gasteiger partial charge in [0.2, 0.25) is 0 Å². The van der Waals surface area contributed by atoms with Crippen LogP contribution in [0.1, 0.15) is 20.7 Å². The van der Waals surface area contributed by atoms with Crippen molar-refractivity contribution >= 4 is 17.6 Å². The molecule has 0 aromatic heterocycles. The van der Waals surface area contributed by atoms with Crippen LogP contribution in [0.5, 0.6) is 0 Å². The molecular formula is C14H10N2O4. The molecule has 6 heteroatoms. The Morgan fingerprint density at radius 3 is 2.25 bits per heavy atom. The SMILES string of the molecule is N=Nc1ccccc1-c1cc(C(=O)O)ccc1C(=O)O. The van der Waals surface area contributed by atoms with Crippen molar-refractivity contribution < 1.29 is 19.8 Å². The lowest BCUT2D eigenvalue weighted by Gasteiger charge is -2.09. The average molecular weight is 270 g/mol. The Balaban J connectivity index is 2.75. The minimum absolute atomic E-state index is 0.0233. The molecule has 0 aliphatic rings. The number of carboxylic acids is 2. The van der Waals surface area contributed by atoms with E-state index in [0.717, 1.165) is 0 Å². The van der Waals surface area contributed by atoms with Crippen molar-refractivity contribution in [1.82, 2.24) is 0 Å². The van der Waals surface area contributed by atoms with Gasteiger partial charge in [0, 0.05) is 5.56 Å². The molecule has 0 bridgehead atoms. The minimum Gasteiger partial charge on any atom is -0.478 e. The molecule has 0 spiro atoms. The summed E-state index contributed by atoms with van der Waals surface area (Å²) < 4.78 is 0. The van der Waals surface area contributed by atoms with Gasteiger partial charge in [-0.25, -0.2) is 15.1 Å². The molecule has 2 aromatic carbocycles. The molecule has 0 aliphatic carbocycles. The van der Waals surface area contributed by atoms with Gasteiger partial charge in [-0.3, -0.25) is 0 Å². The van der Waals surface area contributed by atoms with Crippen LogP contribution in [-0.4, -0.2) is 22.2 Å². The summed E-state index contributed by atoms with van der Waals surface area (Å²) in [5, 5.41) is 21.5. The van der Waals surface area contributed by atoms with E-state index in [-0.39, 0.29) is 22.4 Å². The molecule has 0 saturated heterocycles. The fourth-order valence-electron chi connectivity index (χ4n) is 1.89. The van der Waals surface area contributed by atoms with Gasteiger partial charge in [0.05, 0.1) is 16.8 Å². The minimum atomic E-state index is -1.17. The summed E-state index contributed by atoms with van der Waals surface area (Å²) in [4.78, 5) is 22.3. The smallest absolute Gasteiger partial charge is 0.336 e. The van der Waals surface area contributed by atoms with E-state index in [2.05, 4.69) is 5.11 Å². The van der Waals surface area contributed by atoms with Gasteiger partial charge in [-0.1, -0.05) is 18.2 Å². The van der Waals surface area contributed by atoms with Gasteiger partial charge in [0.1, 0.15) is 0 Å². The van der Waals surface area contributed by atoms with Gasteiger partial charge >= 0.3 is 11.9 Å². The third kappa shape index (κ3) is 2.39. The predicted molar refractivity (Wildman–Crippen MR) is 70.6 cm³/mol. The van der Waals surface area contributed by atoms with E-state index in [1.54, 1.807) is 24.3 Å². The van der Waals surface area contributed by atoms with Gasteiger partial charge in [-0.2, -0.15) is 5.11 Å². The Morgan fingerprint density at radius 1 is 0.950 bits per heavy atom. The molecule has 20 heavy (non-hydrogen) atoms. The molecule has 2 rings (SSSR count). The normalized spacial score (nSPS) is 10.0. The molecule has 0 atom stereocenters. The number of hydrogen-bond acceptors (Lipinski definition) is 4. The Labute approximate surface area is 113 Å². The van der Waals surface area contributed by atoms with Crippen LogP contribution in [0.4, 0.5) is 5.69 Å². The first-order valence-electron chi connectivity index (χ1n) is 5.62. The summed E-state index contributed by atoms with van der Waals surface area (Å²) in [5.41, 5.74) is 7.96. The monoisotopic (exact) mass is 270 g/mol. The second kappa shape index (κ2) is 5.31. The lowest BCUT2D eigenvalue weighted by atomic mass is 9.96. The topological polar surface area (TPSA) is 111 Å². The highest BCUT2D eigenvalue weighted by Crippen LogP contribution is 2.33. The van der Waals surface area contributed by atoms with E-state index in [1.165, 1.54) is 18.2 Å². The van der Waals surface area contributed by atoms with Crippen LogP contribution in [0.3, 0.4) is 0 Å². The molecule has 0 aliphatic heterocycles. The van der Waals surface area contributed by atoms with Crippen LogP contribution in [-0.2, 0) is 0 Å². The molecule has 0 amide bonds. The second-order valence-corrected chi connectivity index (χ2v) is 4.00. The van der Waals surface area contributed by atoms with E-state index >= 15 is 0 Å². The Hall–Kier alpha value is -3.02. The van der Waals surface area contributed by atoms with Crippen molar-refractivity contribution in [1.29, 1.82) is 5.53 Å². The average Bonchev–Trinajstić information content (AvgIpc) is 2.46. The Morgan fingerprint density at radius 2 is 1.65 bits per heavy atom. The molecule has 6 nitrogen and oxygen atoms in total. The summed E-state index contributed by atoms with van der Waals surface area (Å²) in [7, 11) is 0. The van der Waals surface area contributed by atoms with Gasteiger partial charge in [0.25, 0.3) is 0 Å². The van der Waals surface area contributed by atoms with Crippen LogP contribution in [0.25, 0.3) is 11.1 Å². The molecule has 0 fully saturated rings. The summed E-state index contributed by atoms with van der Waals surface area (Å²) >= 11 is 0. The van der Waals surface area contributed by atoms with E-state index in [1.807, 2.05) is 0 Å². The number of para-hydroxylation sites is 1. The maximum Gasteiger partial charge on any atom is 0.336 e. The quantitative estimate of drug-likeness (QED) is 0.739. The molecule has 100 valence electrons. The van der Waals surface area contributed by atoms with Crippen LogP contribution in [0.2, 0.25) is 0 Å². The summed E-state index contributed by atoms with van der Waals surface area (Å²) in [6.07, 6.45) is 0. The maximum absolute atomic E-state index is 11.3. The van der Waals surface area contributed by atoms with E-state index in [0.29, 0.717) is 5.56 Å². The summed E-state index contributed by atoms with van der Waals surface area (Å²) in [6.45, 7) is 0. The highest BCUT2D eigenvalue weighted by Gasteiger charge is 2.16. The van der Waals surface area contributed by atoms with Crippen molar-refractivity contribution in [2.24, 2.45) is 5.11 Å². The lowest BCUT2D eigenvalue weighted by Crippen LogP contribution is -2.03. The highest BCUT2D eigenvalue weighted by atomic mass is 16.4. The zero-order valence-electron chi connectivity index (χ0n) is 10.2. The molecule has 0 heterocycles. The molecule has 3 N–H and O–H groups in total. The molecule has 2 aromatic rings. The first-order chi connectivity index (χ1) is 9.54. The summed E-state index contributed by atoms with van der Waals surface area (Å²) in [5.74, 6) is -2.32. The summed E-state index contributed by atoms with van der Waals surface area (Å²) in [6, 6.07) is 10.2. The number of nitrogens with zero attached hydrogens (tertiary/aromatic N) is 1. The van der Waals surface area contributed by atoms with Crippen molar-refractivity contribution in [2.75, 3.05) is 0 Å².